The molecule has 0 radical (unpaired) electrons. The number of hydrogen-bond donors (Lipinski definition) is 1. The first-order valence-corrected chi connectivity index (χ1v) is 5.33. The Hall–Kier alpha value is -1.77. The minimum Gasteiger partial charge on any atom is -0.466 e. The van der Waals surface area contributed by atoms with Gasteiger partial charge < -0.3 is 14.6 Å². The van der Waals surface area contributed by atoms with E-state index in [0.717, 1.165) is 4.68 Å². The van der Waals surface area contributed by atoms with Crippen molar-refractivity contribution >= 4 is 5.97 Å². The molecule has 1 aromatic rings. The summed E-state index contributed by atoms with van der Waals surface area (Å²) in [6.45, 7) is 0.260. The maximum atomic E-state index is 12.6. The molecule has 0 unspecified atom stereocenters. The van der Waals surface area contributed by atoms with E-state index < -0.39 is 36.6 Å². The van der Waals surface area contributed by atoms with Crippen LogP contribution in [0.3, 0.4) is 0 Å². The summed E-state index contributed by atoms with van der Waals surface area (Å²) in [5.41, 5.74) is -1.75. The van der Waals surface area contributed by atoms with E-state index in [9.17, 15) is 18.0 Å². The molecule has 6 nitrogen and oxygen atoms in total. The number of aromatic nitrogens is 2. The van der Waals surface area contributed by atoms with Gasteiger partial charge in [-0.15, -0.1) is 0 Å². The van der Waals surface area contributed by atoms with Crippen molar-refractivity contribution in [3.05, 3.63) is 11.3 Å². The van der Waals surface area contributed by atoms with Gasteiger partial charge in [0.05, 0.1) is 18.8 Å². The Morgan fingerprint density at radius 3 is 2.58 bits per heavy atom. The van der Waals surface area contributed by atoms with Gasteiger partial charge in [-0.3, -0.25) is 0 Å². The Balaban J connectivity index is 2.95. The van der Waals surface area contributed by atoms with Crippen LogP contribution < -0.4 is 4.74 Å². The third-order valence-corrected chi connectivity index (χ3v) is 2.15. The first-order valence-electron chi connectivity index (χ1n) is 5.33. The van der Waals surface area contributed by atoms with Crippen molar-refractivity contribution in [3.63, 3.8) is 0 Å². The van der Waals surface area contributed by atoms with Crippen LogP contribution in [0.5, 0.6) is 5.88 Å². The summed E-state index contributed by atoms with van der Waals surface area (Å²) in [6.07, 6.45) is -4.71. The maximum absolute atomic E-state index is 12.6. The number of nitrogens with zero attached hydrogens (tertiary/aromatic N) is 2. The summed E-state index contributed by atoms with van der Waals surface area (Å²) in [5, 5.41) is 12.2. The summed E-state index contributed by atoms with van der Waals surface area (Å²) in [6, 6.07) is 0. The monoisotopic (exact) mass is 282 g/mol. The molecule has 0 spiro atoms. The normalized spacial score (nSPS) is 11.5. The lowest BCUT2D eigenvalue weighted by Gasteiger charge is -2.08. The predicted octanol–water partition coefficient (Wildman–Crippen LogP) is 0.873. The molecule has 1 rings (SSSR count). The van der Waals surface area contributed by atoms with Crippen LogP contribution in [-0.2, 0) is 29.4 Å². The van der Waals surface area contributed by atoms with Gasteiger partial charge in [0.25, 0.3) is 0 Å². The largest absolute Gasteiger partial charge is 0.466 e. The summed E-state index contributed by atoms with van der Waals surface area (Å²) in [5.74, 6) is -1.04. The van der Waals surface area contributed by atoms with Crippen LogP contribution in [0.4, 0.5) is 13.2 Å². The summed E-state index contributed by atoms with van der Waals surface area (Å²) < 4.78 is 48.1. The second kappa shape index (κ2) is 5.91. The Morgan fingerprint density at radius 2 is 2.11 bits per heavy atom. The van der Waals surface area contributed by atoms with Crippen molar-refractivity contribution in [2.75, 3.05) is 13.2 Å². The van der Waals surface area contributed by atoms with Crippen molar-refractivity contribution < 1.29 is 32.5 Å². The van der Waals surface area contributed by atoms with Crippen LogP contribution in [-0.4, -0.2) is 34.1 Å². The van der Waals surface area contributed by atoms with Crippen molar-refractivity contribution in [1.29, 1.82) is 0 Å². The number of aliphatic hydroxyl groups is 1. The number of carbonyl (C=O) groups is 1. The van der Waals surface area contributed by atoms with Gasteiger partial charge in [-0.25, -0.2) is 9.48 Å². The highest BCUT2D eigenvalue weighted by Gasteiger charge is 2.39. The average molecular weight is 282 g/mol. The number of aliphatic hydroxyl groups excluding tert-OH is 1. The first-order chi connectivity index (χ1) is 8.81. The van der Waals surface area contributed by atoms with E-state index in [1.165, 1.54) is 7.05 Å². The number of aryl methyl sites for hydroxylation is 1. The second-order valence-corrected chi connectivity index (χ2v) is 3.51. The van der Waals surface area contributed by atoms with Gasteiger partial charge in [0.2, 0.25) is 5.88 Å². The molecule has 1 N–H and O–H groups in total. The molecule has 0 aliphatic rings. The number of rotatable bonds is 5. The topological polar surface area (TPSA) is 73.6 Å². The third-order valence-electron chi connectivity index (χ3n) is 2.15. The van der Waals surface area contributed by atoms with E-state index in [4.69, 9.17) is 9.84 Å². The van der Waals surface area contributed by atoms with Crippen LogP contribution in [0, 0.1) is 0 Å². The van der Waals surface area contributed by atoms with Crippen LogP contribution in [0.2, 0.25) is 0 Å². The molecule has 19 heavy (non-hydrogen) atoms. The average Bonchev–Trinajstić information content (AvgIpc) is 2.63. The third kappa shape index (κ3) is 3.60. The van der Waals surface area contributed by atoms with E-state index in [1.54, 1.807) is 6.92 Å². The standard InChI is InChI=1S/C10H13F3N2O4/c1-3-18-7(17)5-19-9-6(4-16)8(10(11,12)13)14-15(9)2/h16H,3-5H2,1-2H3. The molecule has 0 aliphatic carbocycles. The Bertz CT molecular complexity index is 456. The van der Waals surface area contributed by atoms with Crippen molar-refractivity contribution in [2.24, 2.45) is 7.05 Å². The SMILES string of the molecule is CCOC(=O)COc1c(CO)c(C(F)(F)F)nn1C. The zero-order valence-electron chi connectivity index (χ0n) is 10.3. The first kappa shape index (κ1) is 15.3. The number of carbonyl (C=O) groups excluding carboxylic acids is 1. The molecule has 0 aliphatic heterocycles. The number of ether oxygens (including phenoxy) is 2. The number of hydrogen-bond acceptors (Lipinski definition) is 5. The van der Waals surface area contributed by atoms with E-state index >= 15 is 0 Å². The van der Waals surface area contributed by atoms with Gasteiger partial charge in [-0.05, 0) is 6.92 Å². The minimum absolute atomic E-state index is 0.133. The molecule has 0 fully saturated rings. The molecule has 0 amide bonds. The quantitative estimate of drug-likeness (QED) is 0.811. The summed E-state index contributed by atoms with van der Waals surface area (Å²) in [4.78, 5) is 11.1. The fourth-order valence-electron chi connectivity index (χ4n) is 1.43. The van der Waals surface area contributed by atoms with Crippen molar-refractivity contribution in [2.45, 2.75) is 19.7 Å². The zero-order valence-corrected chi connectivity index (χ0v) is 10.3. The molecule has 0 aromatic carbocycles. The van der Waals surface area contributed by atoms with Crippen molar-refractivity contribution in [3.8, 4) is 5.88 Å². The lowest BCUT2D eigenvalue weighted by molar-refractivity contribution is -0.145. The van der Waals surface area contributed by atoms with Crippen LogP contribution in [0.25, 0.3) is 0 Å². The Kier molecular flexibility index (Phi) is 4.76. The van der Waals surface area contributed by atoms with Gasteiger partial charge in [0, 0.05) is 7.05 Å². The van der Waals surface area contributed by atoms with Crippen molar-refractivity contribution in [1.82, 2.24) is 9.78 Å². The van der Waals surface area contributed by atoms with Gasteiger partial charge in [0.1, 0.15) is 0 Å². The maximum Gasteiger partial charge on any atom is 0.435 e. The van der Waals surface area contributed by atoms with E-state index in [0.29, 0.717) is 0 Å². The molecule has 9 heteroatoms. The smallest absolute Gasteiger partial charge is 0.435 e. The molecular weight excluding hydrogens is 269 g/mol. The highest BCUT2D eigenvalue weighted by atomic mass is 19.4. The van der Waals surface area contributed by atoms with E-state index in [-0.39, 0.29) is 12.5 Å². The van der Waals surface area contributed by atoms with Gasteiger partial charge in [-0.2, -0.15) is 18.3 Å². The van der Waals surface area contributed by atoms with Gasteiger partial charge in [-0.1, -0.05) is 0 Å². The molecule has 108 valence electrons. The molecule has 0 saturated carbocycles. The molecule has 0 atom stereocenters. The van der Waals surface area contributed by atoms with Crippen LogP contribution in [0.15, 0.2) is 0 Å². The summed E-state index contributed by atoms with van der Waals surface area (Å²) >= 11 is 0. The second-order valence-electron chi connectivity index (χ2n) is 3.51. The lowest BCUT2D eigenvalue weighted by Crippen LogP contribution is -2.16. The predicted molar refractivity (Wildman–Crippen MR) is 56.3 cm³/mol. The fraction of sp³-hybridized carbons (Fsp3) is 0.600. The molecule has 1 aromatic heterocycles. The number of halogens is 3. The van der Waals surface area contributed by atoms with E-state index in [2.05, 4.69) is 9.84 Å². The minimum atomic E-state index is -4.71. The number of esters is 1. The highest BCUT2D eigenvalue weighted by Crippen LogP contribution is 2.35. The van der Waals surface area contributed by atoms with Gasteiger partial charge >= 0.3 is 12.1 Å². The lowest BCUT2D eigenvalue weighted by atomic mass is 10.2. The fourth-order valence-corrected chi connectivity index (χ4v) is 1.43. The summed E-state index contributed by atoms with van der Waals surface area (Å²) in [7, 11) is 1.22. The highest BCUT2D eigenvalue weighted by molar-refractivity contribution is 5.71. The molecule has 0 bridgehead atoms. The van der Waals surface area contributed by atoms with Crippen LogP contribution >= 0.6 is 0 Å². The molecule has 0 saturated heterocycles. The molecule has 1 heterocycles. The molecular formula is C10H13F3N2O4. The van der Waals surface area contributed by atoms with Gasteiger partial charge in [0.15, 0.2) is 12.3 Å². The Morgan fingerprint density at radius 1 is 1.47 bits per heavy atom. The Labute approximate surface area is 106 Å². The van der Waals surface area contributed by atoms with Crippen LogP contribution in [0.1, 0.15) is 18.2 Å². The van der Waals surface area contributed by atoms with E-state index in [1.807, 2.05) is 0 Å². The zero-order chi connectivity index (χ0) is 14.6. The number of alkyl halides is 3.